The van der Waals surface area contributed by atoms with E-state index >= 15 is 0 Å². The number of aromatic nitrogens is 3. The number of aldehydes is 1. The summed E-state index contributed by atoms with van der Waals surface area (Å²) in [4.78, 5) is 19.1. The molecular weight excluding hydrogens is 242 g/mol. The van der Waals surface area contributed by atoms with E-state index in [1.54, 1.807) is 18.5 Å². The van der Waals surface area contributed by atoms with E-state index in [1.165, 1.54) is 6.20 Å². The van der Waals surface area contributed by atoms with Crippen molar-refractivity contribution in [3.8, 4) is 5.75 Å². The van der Waals surface area contributed by atoms with Crippen molar-refractivity contribution in [2.45, 2.75) is 6.61 Å². The number of carbonyl (C=O) groups is 1. The molecule has 0 atom stereocenters. The predicted molar refractivity (Wildman–Crippen MR) is 69.1 cm³/mol. The van der Waals surface area contributed by atoms with Crippen LogP contribution in [-0.4, -0.2) is 20.7 Å². The van der Waals surface area contributed by atoms with Gasteiger partial charge in [-0.05, 0) is 18.2 Å². The molecule has 0 bridgehead atoms. The van der Waals surface area contributed by atoms with Gasteiger partial charge in [-0.3, -0.25) is 14.8 Å². The van der Waals surface area contributed by atoms with Gasteiger partial charge in [-0.25, -0.2) is 0 Å². The van der Waals surface area contributed by atoms with E-state index in [0.29, 0.717) is 17.9 Å². The molecule has 19 heavy (non-hydrogen) atoms. The molecular formula is C14H11N3O2. The maximum atomic E-state index is 10.9. The first-order valence-corrected chi connectivity index (χ1v) is 5.80. The fourth-order valence-electron chi connectivity index (χ4n) is 1.81. The summed E-state index contributed by atoms with van der Waals surface area (Å²) in [6.07, 6.45) is 9.45. The molecule has 3 aromatic rings. The van der Waals surface area contributed by atoms with Crippen molar-refractivity contribution in [1.29, 1.82) is 0 Å². The van der Waals surface area contributed by atoms with Gasteiger partial charge in [0.25, 0.3) is 0 Å². The van der Waals surface area contributed by atoms with Crippen LogP contribution in [0.15, 0.2) is 49.2 Å². The average Bonchev–Trinajstić information content (AvgIpc) is 2.93. The van der Waals surface area contributed by atoms with Crippen molar-refractivity contribution >= 4 is 11.8 Å². The van der Waals surface area contributed by atoms with E-state index in [2.05, 4.69) is 9.97 Å². The van der Waals surface area contributed by atoms with E-state index in [-0.39, 0.29) is 0 Å². The largest absolute Gasteiger partial charge is 0.485 e. The minimum Gasteiger partial charge on any atom is -0.485 e. The molecule has 0 aromatic carbocycles. The summed E-state index contributed by atoms with van der Waals surface area (Å²) in [6, 6.07) is 5.54. The van der Waals surface area contributed by atoms with E-state index in [1.807, 2.05) is 28.9 Å². The highest BCUT2D eigenvalue weighted by Crippen LogP contribution is 2.15. The summed E-state index contributed by atoms with van der Waals surface area (Å²) < 4.78 is 7.54. The van der Waals surface area contributed by atoms with Gasteiger partial charge in [0.15, 0.2) is 6.29 Å². The summed E-state index contributed by atoms with van der Waals surface area (Å²) in [5.41, 5.74) is 2.29. The number of carbonyl (C=O) groups excluding carboxylic acids is 1. The Bertz CT molecular complexity index is 721. The maximum absolute atomic E-state index is 10.9. The van der Waals surface area contributed by atoms with Crippen molar-refractivity contribution in [2.24, 2.45) is 0 Å². The van der Waals surface area contributed by atoms with Gasteiger partial charge >= 0.3 is 0 Å². The van der Waals surface area contributed by atoms with Crippen LogP contribution in [0.2, 0.25) is 0 Å². The van der Waals surface area contributed by atoms with Gasteiger partial charge in [0.05, 0.1) is 29.2 Å². The van der Waals surface area contributed by atoms with Crippen molar-refractivity contribution < 1.29 is 9.53 Å². The molecule has 0 unspecified atom stereocenters. The quantitative estimate of drug-likeness (QED) is 0.668. The van der Waals surface area contributed by atoms with Gasteiger partial charge in [-0.15, -0.1) is 0 Å². The van der Waals surface area contributed by atoms with Crippen LogP contribution in [0, 0.1) is 0 Å². The molecule has 3 rings (SSSR count). The SMILES string of the molecule is O=Cc1ccncc1OCc1cn2cccc2cn1. The third-order valence-electron chi connectivity index (χ3n) is 2.78. The van der Waals surface area contributed by atoms with Gasteiger partial charge < -0.3 is 9.14 Å². The fourth-order valence-corrected chi connectivity index (χ4v) is 1.81. The standard InChI is InChI=1S/C14H11N3O2/c18-9-11-3-4-15-7-14(11)19-10-12-8-17-5-1-2-13(17)6-16-12/h1-9H,10H2. The normalized spacial score (nSPS) is 10.5. The molecule has 5 nitrogen and oxygen atoms in total. The molecule has 5 heteroatoms. The van der Waals surface area contributed by atoms with Crippen molar-refractivity contribution in [3.05, 3.63) is 60.4 Å². The smallest absolute Gasteiger partial charge is 0.153 e. The van der Waals surface area contributed by atoms with E-state index < -0.39 is 0 Å². The van der Waals surface area contributed by atoms with Crippen LogP contribution in [0.3, 0.4) is 0 Å². The van der Waals surface area contributed by atoms with Crippen LogP contribution < -0.4 is 4.74 Å². The van der Waals surface area contributed by atoms with Crippen LogP contribution in [0.25, 0.3) is 5.52 Å². The first kappa shape index (κ1) is 11.4. The summed E-state index contributed by atoms with van der Waals surface area (Å²) in [6.45, 7) is 0.292. The molecule has 0 N–H and O–H groups in total. The maximum Gasteiger partial charge on any atom is 0.153 e. The van der Waals surface area contributed by atoms with E-state index in [9.17, 15) is 4.79 Å². The van der Waals surface area contributed by atoms with Crippen LogP contribution in [0.5, 0.6) is 5.75 Å². The van der Waals surface area contributed by atoms with E-state index in [4.69, 9.17) is 4.74 Å². The highest BCUT2D eigenvalue weighted by Gasteiger charge is 2.04. The molecule has 0 aliphatic carbocycles. The highest BCUT2D eigenvalue weighted by molar-refractivity contribution is 5.78. The number of hydrogen-bond donors (Lipinski definition) is 0. The van der Waals surface area contributed by atoms with E-state index in [0.717, 1.165) is 17.5 Å². The second kappa shape index (κ2) is 4.89. The second-order valence-electron chi connectivity index (χ2n) is 4.04. The zero-order chi connectivity index (χ0) is 13.1. The minimum atomic E-state index is 0.292. The Morgan fingerprint density at radius 2 is 2.26 bits per heavy atom. The summed E-state index contributed by atoms with van der Waals surface area (Å²) in [7, 11) is 0. The third kappa shape index (κ3) is 2.30. The van der Waals surface area contributed by atoms with Gasteiger partial charge in [0.2, 0.25) is 0 Å². The zero-order valence-corrected chi connectivity index (χ0v) is 10.1. The number of fused-ring (bicyclic) bond motifs is 1. The molecule has 0 amide bonds. The number of nitrogens with zero attached hydrogens (tertiary/aromatic N) is 3. The zero-order valence-electron chi connectivity index (χ0n) is 10.1. The monoisotopic (exact) mass is 253 g/mol. The lowest BCUT2D eigenvalue weighted by atomic mass is 10.3. The average molecular weight is 253 g/mol. The lowest BCUT2D eigenvalue weighted by Gasteiger charge is -2.07. The molecule has 0 radical (unpaired) electrons. The molecule has 3 heterocycles. The second-order valence-corrected chi connectivity index (χ2v) is 4.04. The lowest BCUT2D eigenvalue weighted by molar-refractivity contribution is 0.111. The van der Waals surface area contributed by atoms with Gasteiger partial charge in [0.1, 0.15) is 12.4 Å². The van der Waals surface area contributed by atoms with Crippen LogP contribution in [-0.2, 0) is 6.61 Å². The Hall–Kier alpha value is -2.69. The molecule has 94 valence electrons. The molecule has 0 spiro atoms. The van der Waals surface area contributed by atoms with Crippen molar-refractivity contribution in [2.75, 3.05) is 0 Å². The summed E-state index contributed by atoms with van der Waals surface area (Å²) >= 11 is 0. The lowest BCUT2D eigenvalue weighted by Crippen LogP contribution is -2.02. The topological polar surface area (TPSA) is 56.5 Å². The van der Waals surface area contributed by atoms with Crippen LogP contribution >= 0.6 is 0 Å². The first-order valence-electron chi connectivity index (χ1n) is 5.80. The number of pyridine rings is 1. The molecule has 0 aliphatic heterocycles. The third-order valence-corrected chi connectivity index (χ3v) is 2.78. The van der Waals surface area contributed by atoms with Crippen molar-refractivity contribution in [3.63, 3.8) is 0 Å². The first-order chi connectivity index (χ1) is 9.36. The van der Waals surface area contributed by atoms with Gasteiger partial charge in [-0.1, -0.05) is 0 Å². The van der Waals surface area contributed by atoms with Crippen molar-refractivity contribution in [1.82, 2.24) is 14.4 Å². The Kier molecular flexibility index (Phi) is 2.94. The van der Waals surface area contributed by atoms with Crippen LogP contribution in [0.4, 0.5) is 0 Å². The Morgan fingerprint density at radius 1 is 1.32 bits per heavy atom. The summed E-state index contributed by atoms with van der Waals surface area (Å²) in [5, 5.41) is 0. The molecule has 3 aromatic heterocycles. The molecule has 0 saturated carbocycles. The Balaban J connectivity index is 1.79. The van der Waals surface area contributed by atoms with Gasteiger partial charge in [-0.2, -0.15) is 0 Å². The Labute approximate surface area is 109 Å². The number of hydrogen-bond acceptors (Lipinski definition) is 4. The molecule has 0 saturated heterocycles. The Morgan fingerprint density at radius 3 is 3.16 bits per heavy atom. The fraction of sp³-hybridized carbons (Fsp3) is 0.0714. The van der Waals surface area contributed by atoms with Crippen LogP contribution in [0.1, 0.15) is 16.1 Å². The summed E-state index contributed by atoms with van der Waals surface area (Å²) in [5.74, 6) is 0.465. The minimum absolute atomic E-state index is 0.292. The highest BCUT2D eigenvalue weighted by atomic mass is 16.5. The van der Waals surface area contributed by atoms with Gasteiger partial charge in [0, 0.05) is 18.6 Å². The number of ether oxygens (including phenoxy) is 1. The predicted octanol–water partition coefficient (Wildman–Crippen LogP) is 2.12. The number of rotatable bonds is 4. The molecule has 0 fully saturated rings. The molecule has 0 aliphatic rings.